The summed E-state index contributed by atoms with van der Waals surface area (Å²) < 4.78 is 53.2. The molecule has 3 aromatic rings. The predicted octanol–water partition coefficient (Wildman–Crippen LogP) is 5.20. The number of alkyl halides is 3. The van der Waals surface area contributed by atoms with Gasteiger partial charge in [-0.25, -0.2) is 4.39 Å². The number of rotatable bonds is 5. The second-order valence-corrected chi connectivity index (χ2v) is 8.19. The molecule has 1 N–H and O–H groups in total. The van der Waals surface area contributed by atoms with E-state index in [-0.39, 0.29) is 17.7 Å². The van der Waals surface area contributed by atoms with Gasteiger partial charge >= 0.3 is 6.18 Å². The molecule has 1 fully saturated rings. The Bertz CT molecular complexity index is 1280. The van der Waals surface area contributed by atoms with Gasteiger partial charge in [0.25, 0.3) is 0 Å². The summed E-state index contributed by atoms with van der Waals surface area (Å²) in [6, 6.07) is 7.29. The molecule has 1 saturated carbocycles. The Labute approximate surface area is 186 Å². The zero-order chi connectivity index (χ0) is 23.2. The van der Waals surface area contributed by atoms with Gasteiger partial charge in [0.05, 0.1) is 36.1 Å². The molecule has 1 aromatic carbocycles. The van der Waals surface area contributed by atoms with E-state index in [4.69, 9.17) is 0 Å². The van der Waals surface area contributed by atoms with Crippen LogP contribution in [0, 0.1) is 11.7 Å². The lowest BCUT2D eigenvalue weighted by Gasteiger charge is -2.10. The maximum absolute atomic E-state index is 14.8. The Balaban J connectivity index is 1.30. The first-order valence-electron chi connectivity index (χ1n) is 10.4. The van der Waals surface area contributed by atoms with Crippen LogP contribution in [0.3, 0.4) is 0 Å². The number of anilines is 1. The molecule has 1 aliphatic heterocycles. The minimum Gasteiger partial charge on any atom is -0.324 e. The van der Waals surface area contributed by atoms with Crippen LogP contribution in [-0.2, 0) is 23.9 Å². The molecular formula is C24H18F4N4O. The van der Waals surface area contributed by atoms with Crippen LogP contribution < -0.4 is 5.32 Å². The summed E-state index contributed by atoms with van der Waals surface area (Å²) >= 11 is 0. The van der Waals surface area contributed by atoms with Crippen molar-refractivity contribution >= 4 is 17.3 Å². The second kappa shape index (κ2) is 8.06. The van der Waals surface area contributed by atoms with E-state index < -0.39 is 23.5 Å². The lowest BCUT2D eigenvalue weighted by atomic mass is 9.99. The molecule has 2 aliphatic rings. The SMILES string of the molecule is O=C(Cc1ccc(-c2cnc3c(c2)C(C2CC2)=NC3)cc1F)Nc1cncc(C(F)(F)F)c1. The first-order chi connectivity index (χ1) is 15.8. The monoisotopic (exact) mass is 454 g/mol. The minimum absolute atomic E-state index is 0.107. The van der Waals surface area contributed by atoms with Gasteiger partial charge in [-0.15, -0.1) is 0 Å². The van der Waals surface area contributed by atoms with Gasteiger partial charge in [-0.1, -0.05) is 12.1 Å². The molecule has 0 unspecified atom stereocenters. The summed E-state index contributed by atoms with van der Waals surface area (Å²) in [5.74, 6) is -0.735. The number of carbonyl (C=O) groups excluding carboxylic acids is 1. The number of fused-ring (bicyclic) bond motifs is 1. The largest absolute Gasteiger partial charge is 0.417 e. The standard InChI is InChI=1S/C24H18F4N4O/c25-20-6-14(16-5-19-21(30-9-16)12-31-23(19)13-1-2-13)3-4-15(20)7-22(33)32-18-8-17(10-29-11-18)24(26,27)28/h3-6,8-11,13H,1-2,7,12H2,(H,32,33). The average Bonchev–Trinajstić information content (AvgIpc) is 3.53. The molecule has 3 heterocycles. The van der Waals surface area contributed by atoms with Crippen molar-refractivity contribution in [1.82, 2.24) is 9.97 Å². The third kappa shape index (κ3) is 4.48. The number of halogens is 4. The highest BCUT2D eigenvalue weighted by molar-refractivity contribution is 6.06. The Morgan fingerprint density at radius 1 is 1.06 bits per heavy atom. The predicted molar refractivity (Wildman–Crippen MR) is 114 cm³/mol. The van der Waals surface area contributed by atoms with Crippen molar-refractivity contribution in [2.45, 2.75) is 32.0 Å². The third-order valence-electron chi connectivity index (χ3n) is 5.70. The summed E-state index contributed by atoms with van der Waals surface area (Å²) in [5.41, 5.74) is 3.46. The number of nitrogens with one attached hydrogen (secondary N) is 1. The normalized spacial score (nSPS) is 15.2. The fourth-order valence-electron chi connectivity index (χ4n) is 3.86. The Hall–Kier alpha value is -3.62. The van der Waals surface area contributed by atoms with Crippen molar-refractivity contribution < 1.29 is 22.4 Å². The highest BCUT2D eigenvalue weighted by Crippen LogP contribution is 2.38. The summed E-state index contributed by atoms with van der Waals surface area (Å²) in [6.45, 7) is 0.575. The van der Waals surface area contributed by atoms with E-state index in [1.807, 2.05) is 6.07 Å². The van der Waals surface area contributed by atoms with Crippen molar-refractivity contribution in [2.24, 2.45) is 10.9 Å². The van der Waals surface area contributed by atoms with E-state index in [1.165, 1.54) is 12.1 Å². The van der Waals surface area contributed by atoms with Crippen LogP contribution in [0.4, 0.5) is 23.2 Å². The molecular weight excluding hydrogens is 436 g/mol. The lowest BCUT2D eigenvalue weighted by Crippen LogP contribution is -2.16. The van der Waals surface area contributed by atoms with Crippen molar-refractivity contribution in [3.8, 4) is 11.1 Å². The minimum atomic E-state index is -4.58. The van der Waals surface area contributed by atoms with Crippen LogP contribution in [-0.4, -0.2) is 21.6 Å². The molecule has 0 spiro atoms. The zero-order valence-electron chi connectivity index (χ0n) is 17.3. The molecule has 33 heavy (non-hydrogen) atoms. The van der Waals surface area contributed by atoms with E-state index in [0.717, 1.165) is 47.6 Å². The molecule has 0 radical (unpaired) electrons. The smallest absolute Gasteiger partial charge is 0.324 e. The quantitative estimate of drug-likeness (QED) is 0.539. The molecule has 0 saturated heterocycles. The molecule has 5 nitrogen and oxygen atoms in total. The van der Waals surface area contributed by atoms with Gasteiger partial charge in [-0.2, -0.15) is 13.2 Å². The highest BCUT2D eigenvalue weighted by atomic mass is 19.4. The number of hydrogen-bond acceptors (Lipinski definition) is 4. The number of pyridine rings is 2. The number of carbonyl (C=O) groups is 1. The number of aromatic nitrogens is 2. The van der Waals surface area contributed by atoms with E-state index in [1.54, 1.807) is 12.3 Å². The molecule has 0 bridgehead atoms. The third-order valence-corrected chi connectivity index (χ3v) is 5.70. The number of benzene rings is 1. The Morgan fingerprint density at radius 3 is 2.61 bits per heavy atom. The van der Waals surface area contributed by atoms with Crippen molar-refractivity contribution in [1.29, 1.82) is 0 Å². The molecule has 1 aliphatic carbocycles. The van der Waals surface area contributed by atoms with E-state index >= 15 is 0 Å². The summed E-state index contributed by atoms with van der Waals surface area (Å²) in [7, 11) is 0. The zero-order valence-corrected chi connectivity index (χ0v) is 17.3. The summed E-state index contributed by atoms with van der Waals surface area (Å²) in [4.78, 5) is 24.8. The van der Waals surface area contributed by atoms with Crippen molar-refractivity contribution in [2.75, 3.05) is 5.32 Å². The van der Waals surface area contributed by atoms with Gasteiger partial charge < -0.3 is 5.32 Å². The Kier molecular flexibility index (Phi) is 5.19. The van der Waals surface area contributed by atoms with Gasteiger partial charge in [0.2, 0.25) is 5.91 Å². The maximum Gasteiger partial charge on any atom is 0.417 e. The van der Waals surface area contributed by atoms with Crippen LogP contribution >= 0.6 is 0 Å². The number of amides is 1. The molecule has 1 amide bonds. The number of nitrogens with zero attached hydrogens (tertiary/aromatic N) is 3. The Morgan fingerprint density at radius 2 is 1.88 bits per heavy atom. The van der Waals surface area contributed by atoms with E-state index in [2.05, 4.69) is 20.3 Å². The van der Waals surface area contributed by atoms with Crippen LogP contribution in [0.1, 0.15) is 35.2 Å². The fraction of sp³-hybridized carbons (Fsp3) is 0.250. The van der Waals surface area contributed by atoms with Crippen LogP contribution in [0.15, 0.2) is 53.9 Å². The van der Waals surface area contributed by atoms with Crippen LogP contribution in [0.25, 0.3) is 11.1 Å². The van der Waals surface area contributed by atoms with Crippen LogP contribution in [0.2, 0.25) is 0 Å². The van der Waals surface area contributed by atoms with Crippen molar-refractivity contribution in [3.63, 3.8) is 0 Å². The summed E-state index contributed by atoms with van der Waals surface area (Å²) in [5, 5.41) is 2.33. The van der Waals surface area contributed by atoms with E-state index in [0.29, 0.717) is 24.2 Å². The van der Waals surface area contributed by atoms with Gasteiger partial charge in [0.15, 0.2) is 0 Å². The van der Waals surface area contributed by atoms with E-state index in [9.17, 15) is 22.4 Å². The second-order valence-electron chi connectivity index (χ2n) is 8.19. The number of aliphatic imine (C=N–C) groups is 1. The molecule has 168 valence electrons. The van der Waals surface area contributed by atoms with Gasteiger partial charge in [0, 0.05) is 35.2 Å². The maximum atomic E-state index is 14.8. The molecule has 5 rings (SSSR count). The molecule has 2 aromatic heterocycles. The van der Waals surface area contributed by atoms with Crippen LogP contribution in [0.5, 0.6) is 0 Å². The van der Waals surface area contributed by atoms with Crippen molar-refractivity contribution in [3.05, 3.63) is 77.1 Å². The first-order valence-corrected chi connectivity index (χ1v) is 10.4. The highest BCUT2D eigenvalue weighted by Gasteiger charge is 2.33. The number of hydrogen-bond donors (Lipinski definition) is 1. The average molecular weight is 454 g/mol. The topological polar surface area (TPSA) is 67.2 Å². The first kappa shape index (κ1) is 21.2. The molecule has 0 atom stereocenters. The molecule has 9 heteroatoms. The van der Waals surface area contributed by atoms with Gasteiger partial charge in [-0.05, 0) is 42.2 Å². The van der Waals surface area contributed by atoms with Gasteiger partial charge in [-0.3, -0.25) is 19.8 Å². The summed E-state index contributed by atoms with van der Waals surface area (Å²) in [6.07, 6.45) is 0.811. The fourth-order valence-corrected chi connectivity index (χ4v) is 3.86. The van der Waals surface area contributed by atoms with Gasteiger partial charge in [0.1, 0.15) is 5.82 Å². The lowest BCUT2D eigenvalue weighted by molar-refractivity contribution is -0.137.